The van der Waals surface area contributed by atoms with E-state index < -0.39 is 0 Å². The summed E-state index contributed by atoms with van der Waals surface area (Å²) in [6, 6.07) is 7.04. The Morgan fingerprint density at radius 2 is 2.00 bits per heavy atom. The van der Waals surface area contributed by atoms with Gasteiger partial charge in [0.1, 0.15) is 5.82 Å². The Balaban J connectivity index is 1.73. The average molecular weight is 239 g/mol. The predicted molar refractivity (Wildman–Crippen MR) is 67.3 cm³/mol. The highest BCUT2D eigenvalue weighted by Gasteiger charge is 2.12. The molecule has 0 radical (unpaired) electrons. The van der Waals surface area contributed by atoms with Crippen molar-refractivity contribution in [3.8, 4) is 0 Å². The van der Waals surface area contributed by atoms with Crippen molar-refractivity contribution in [2.45, 2.75) is 24.2 Å². The molecule has 3 heteroatoms. The van der Waals surface area contributed by atoms with Gasteiger partial charge in [-0.15, -0.1) is 11.8 Å². The minimum atomic E-state index is -0.0854. The van der Waals surface area contributed by atoms with Gasteiger partial charge in [-0.2, -0.15) is 0 Å². The van der Waals surface area contributed by atoms with E-state index in [9.17, 15) is 4.39 Å². The highest BCUT2D eigenvalue weighted by Crippen LogP contribution is 2.25. The first-order valence-corrected chi connectivity index (χ1v) is 6.93. The van der Waals surface area contributed by atoms with Crippen LogP contribution in [0.25, 0.3) is 0 Å². The summed E-state index contributed by atoms with van der Waals surface area (Å²) in [5.74, 6) is 1.78. The molecule has 0 unspecified atom stereocenters. The van der Waals surface area contributed by atoms with Crippen LogP contribution in [0.15, 0.2) is 29.2 Å². The van der Waals surface area contributed by atoms with Crippen LogP contribution in [0.2, 0.25) is 0 Å². The topological polar surface area (TPSA) is 12.0 Å². The Morgan fingerprint density at radius 3 is 2.75 bits per heavy atom. The van der Waals surface area contributed by atoms with Crippen LogP contribution >= 0.6 is 11.8 Å². The zero-order valence-corrected chi connectivity index (χ0v) is 10.2. The standard InChI is InChI=1S/C13H18FNS/c14-12-3-1-2-4-13(12)16-10-7-11-5-8-15-9-6-11/h1-4,11,15H,5-10H2. The molecular formula is C13H18FNS. The van der Waals surface area contributed by atoms with Gasteiger partial charge in [-0.05, 0) is 56.2 Å². The summed E-state index contributed by atoms with van der Waals surface area (Å²) in [5.41, 5.74) is 0. The summed E-state index contributed by atoms with van der Waals surface area (Å²) in [4.78, 5) is 0.788. The van der Waals surface area contributed by atoms with Crippen molar-refractivity contribution in [3.63, 3.8) is 0 Å². The number of nitrogens with one attached hydrogen (secondary N) is 1. The largest absolute Gasteiger partial charge is 0.317 e. The number of hydrogen-bond donors (Lipinski definition) is 1. The van der Waals surface area contributed by atoms with Gasteiger partial charge in [-0.1, -0.05) is 12.1 Å². The van der Waals surface area contributed by atoms with Crippen LogP contribution in [0.1, 0.15) is 19.3 Å². The van der Waals surface area contributed by atoms with Crippen molar-refractivity contribution in [1.29, 1.82) is 0 Å². The van der Waals surface area contributed by atoms with E-state index in [1.807, 2.05) is 12.1 Å². The molecule has 1 heterocycles. The lowest BCUT2D eigenvalue weighted by Crippen LogP contribution is -2.27. The Morgan fingerprint density at radius 1 is 1.25 bits per heavy atom. The van der Waals surface area contributed by atoms with Gasteiger partial charge in [0.05, 0.1) is 0 Å². The molecule has 1 saturated heterocycles. The van der Waals surface area contributed by atoms with Crippen LogP contribution in [-0.2, 0) is 0 Å². The average Bonchev–Trinajstić information content (AvgIpc) is 2.33. The van der Waals surface area contributed by atoms with Gasteiger partial charge in [-0.25, -0.2) is 4.39 Å². The Kier molecular flexibility index (Phi) is 4.67. The molecule has 88 valence electrons. The first-order valence-electron chi connectivity index (χ1n) is 5.94. The lowest BCUT2D eigenvalue weighted by atomic mass is 9.96. The van der Waals surface area contributed by atoms with Crippen molar-refractivity contribution in [3.05, 3.63) is 30.1 Å². The van der Waals surface area contributed by atoms with Crippen LogP contribution in [0.5, 0.6) is 0 Å². The summed E-state index contributed by atoms with van der Waals surface area (Å²) in [6.45, 7) is 2.30. The summed E-state index contributed by atoms with van der Waals surface area (Å²) < 4.78 is 13.3. The van der Waals surface area contributed by atoms with E-state index in [4.69, 9.17) is 0 Å². The lowest BCUT2D eigenvalue weighted by molar-refractivity contribution is 0.367. The Bertz CT molecular complexity index is 323. The van der Waals surface area contributed by atoms with E-state index in [1.54, 1.807) is 17.8 Å². The molecule has 0 atom stereocenters. The van der Waals surface area contributed by atoms with Crippen LogP contribution in [0.3, 0.4) is 0 Å². The highest BCUT2D eigenvalue weighted by molar-refractivity contribution is 7.99. The van der Waals surface area contributed by atoms with E-state index in [0.29, 0.717) is 0 Å². The maximum Gasteiger partial charge on any atom is 0.136 e. The van der Waals surface area contributed by atoms with Crippen molar-refractivity contribution in [2.24, 2.45) is 5.92 Å². The van der Waals surface area contributed by atoms with Crippen molar-refractivity contribution in [2.75, 3.05) is 18.8 Å². The molecule has 0 saturated carbocycles. The van der Waals surface area contributed by atoms with Gasteiger partial charge >= 0.3 is 0 Å². The fourth-order valence-corrected chi connectivity index (χ4v) is 3.12. The molecule has 0 spiro atoms. The summed E-state index contributed by atoms with van der Waals surface area (Å²) in [5, 5.41) is 3.37. The van der Waals surface area contributed by atoms with Gasteiger partial charge in [0.15, 0.2) is 0 Å². The maximum atomic E-state index is 13.3. The minimum absolute atomic E-state index is 0.0854. The monoisotopic (exact) mass is 239 g/mol. The van der Waals surface area contributed by atoms with Crippen LogP contribution in [-0.4, -0.2) is 18.8 Å². The van der Waals surface area contributed by atoms with Gasteiger partial charge in [0.25, 0.3) is 0 Å². The van der Waals surface area contributed by atoms with E-state index in [1.165, 1.54) is 25.3 Å². The third kappa shape index (κ3) is 3.49. The number of halogens is 1. The molecule has 1 aliphatic rings. The van der Waals surface area contributed by atoms with Crippen LogP contribution < -0.4 is 5.32 Å². The number of rotatable bonds is 4. The molecule has 0 aromatic heterocycles. The van der Waals surface area contributed by atoms with Crippen molar-refractivity contribution >= 4 is 11.8 Å². The molecule has 1 nitrogen and oxygen atoms in total. The predicted octanol–water partition coefficient (Wildman–Crippen LogP) is 3.31. The highest BCUT2D eigenvalue weighted by atomic mass is 32.2. The lowest BCUT2D eigenvalue weighted by Gasteiger charge is -2.22. The van der Waals surface area contributed by atoms with Gasteiger partial charge in [-0.3, -0.25) is 0 Å². The summed E-state index contributed by atoms with van der Waals surface area (Å²) in [6.07, 6.45) is 3.76. The molecule has 1 aromatic carbocycles. The fourth-order valence-electron chi connectivity index (χ4n) is 2.07. The first-order chi connectivity index (χ1) is 7.86. The second-order valence-corrected chi connectivity index (χ2v) is 5.40. The molecule has 16 heavy (non-hydrogen) atoms. The van der Waals surface area contributed by atoms with E-state index >= 15 is 0 Å². The number of piperidine rings is 1. The first kappa shape index (κ1) is 11.9. The molecule has 1 N–H and O–H groups in total. The molecule has 0 bridgehead atoms. The van der Waals surface area contributed by atoms with Crippen molar-refractivity contribution in [1.82, 2.24) is 5.32 Å². The molecule has 1 aromatic rings. The van der Waals surface area contributed by atoms with Gasteiger partial charge < -0.3 is 5.32 Å². The van der Waals surface area contributed by atoms with Crippen LogP contribution in [0.4, 0.5) is 4.39 Å². The molecule has 2 rings (SSSR count). The Labute approximate surface area is 101 Å². The Hall–Kier alpha value is -0.540. The summed E-state index contributed by atoms with van der Waals surface area (Å²) in [7, 11) is 0. The maximum absolute atomic E-state index is 13.3. The smallest absolute Gasteiger partial charge is 0.136 e. The number of hydrogen-bond acceptors (Lipinski definition) is 2. The van der Waals surface area contributed by atoms with Crippen molar-refractivity contribution < 1.29 is 4.39 Å². The second kappa shape index (κ2) is 6.26. The van der Waals surface area contributed by atoms with E-state index in [0.717, 1.165) is 29.7 Å². The number of benzene rings is 1. The van der Waals surface area contributed by atoms with E-state index in [2.05, 4.69) is 5.32 Å². The normalized spacial score (nSPS) is 17.6. The fraction of sp³-hybridized carbons (Fsp3) is 0.538. The molecular weight excluding hydrogens is 221 g/mol. The third-order valence-electron chi connectivity index (χ3n) is 3.08. The third-order valence-corrected chi connectivity index (χ3v) is 4.16. The molecule has 0 aliphatic carbocycles. The second-order valence-electron chi connectivity index (χ2n) is 4.26. The zero-order valence-electron chi connectivity index (χ0n) is 9.42. The van der Waals surface area contributed by atoms with Gasteiger partial charge in [0.2, 0.25) is 0 Å². The molecule has 1 aliphatic heterocycles. The minimum Gasteiger partial charge on any atom is -0.317 e. The van der Waals surface area contributed by atoms with Crippen LogP contribution in [0, 0.1) is 11.7 Å². The number of thioether (sulfide) groups is 1. The zero-order chi connectivity index (χ0) is 11.2. The molecule has 0 amide bonds. The SMILES string of the molecule is Fc1ccccc1SCCC1CCNCC1. The molecule has 1 fully saturated rings. The van der Waals surface area contributed by atoms with E-state index in [-0.39, 0.29) is 5.82 Å². The summed E-state index contributed by atoms with van der Waals surface area (Å²) >= 11 is 1.65. The van der Waals surface area contributed by atoms with Gasteiger partial charge in [0, 0.05) is 4.90 Å². The quantitative estimate of drug-likeness (QED) is 0.809.